The average molecular weight is 228 g/mol. The number of hydrogen-bond donors (Lipinski definition) is 2. The number of nitrogens with zero attached hydrogens (tertiary/aromatic N) is 2. The minimum absolute atomic E-state index is 0.218. The fourth-order valence-corrected chi connectivity index (χ4v) is 1.82. The number of rotatable bonds is 4. The van der Waals surface area contributed by atoms with Gasteiger partial charge in [0.1, 0.15) is 0 Å². The van der Waals surface area contributed by atoms with Crippen molar-refractivity contribution in [2.75, 3.05) is 18.5 Å². The smallest absolute Gasteiger partial charge is 0.0923 e. The normalized spacial score (nSPS) is 10.4. The summed E-state index contributed by atoms with van der Waals surface area (Å²) in [6.45, 7) is 0.739. The SMILES string of the molecule is CN(CCC(=N)N)c1ccnc2ccccc12. The van der Waals surface area contributed by atoms with Gasteiger partial charge < -0.3 is 10.6 Å². The van der Waals surface area contributed by atoms with E-state index in [0.717, 1.165) is 23.1 Å². The molecule has 0 spiro atoms. The van der Waals surface area contributed by atoms with Crippen LogP contribution in [0.15, 0.2) is 36.5 Å². The highest BCUT2D eigenvalue weighted by Crippen LogP contribution is 2.23. The summed E-state index contributed by atoms with van der Waals surface area (Å²) >= 11 is 0. The lowest BCUT2D eigenvalue weighted by Crippen LogP contribution is -2.23. The third kappa shape index (κ3) is 2.53. The Hall–Kier alpha value is -2.10. The number of fused-ring (bicyclic) bond motifs is 1. The predicted molar refractivity (Wildman–Crippen MR) is 71.5 cm³/mol. The second kappa shape index (κ2) is 4.82. The van der Waals surface area contributed by atoms with Gasteiger partial charge in [-0.3, -0.25) is 10.4 Å². The largest absolute Gasteiger partial charge is 0.388 e. The van der Waals surface area contributed by atoms with Gasteiger partial charge in [-0.25, -0.2) is 0 Å². The summed E-state index contributed by atoms with van der Waals surface area (Å²) in [4.78, 5) is 6.43. The molecule has 0 aliphatic rings. The molecule has 0 atom stereocenters. The van der Waals surface area contributed by atoms with E-state index < -0.39 is 0 Å². The van der Waals surface area contributed by atoms with E-state index >= 15 is 0 Å². The summed E-state index contributed by atoms with van der Waals surface area (Å²) in [6.07, 6.45) is 2.38. The van der Waals surface area contributed by atoms with Crippen LogP contribution in [0.25, 0.3) is 10.9 Å². The van der Waals surface area contributed by atoms with Crippen molar-refractivity contribution in [3.05, 3.63) is 36.5 Å². The highest BCUT2D eigenvalue weighted by Gasteiger charge is 2.06. The number of nitrogens with two attached hydrogens (primary N) is 1. The Kier molecular flexibility index (Phi) is 3.23. The lowest BCUT2D eigenvalue weighted by Gasteiger charge is -2.20. The van der Waals surface area contributed by atoms with Gasteiger partial charge in [-0.15, -0.1) is 0 Å². The zero-order chi connectivity index (χ0) is 12.3. The number of anilines is 1. The molecule has 2 rings (SSSR count). The van der Waals surface area contributed by atoms with Crippen molar-refractivity contribution in [3.63, 3.8) is 0 Å². The third-order valence-electron chi connectivity index (χ3n) is 2.75. The van der Waals surface area contributed by atoms with Gasteiger partial charge in [0.25, 0.3) is 0 Å². The Labute approximate surface area is 101 Å². The van der Waals surface area contributed by atoms with E-state index in [2.05, 4.69) is 16.0 Å². The van der Waals surface area contributed by atoms with Crippen molar-refractivity contribution in [3.8, 4) is 0 Å². The van der Waals surface area contributed by atoms with Crippen LogP contribution >= 0.6 is 0 Å². The number of nitrogens with one attached hydrogen (secondary N) is 1. The van der Waals surface area contributed by atoms with Crippen LogP contribution in [0.3, 0.4) is 0 Å². The summed E-state index contributed by atoms with van der Waals surface area (Å²) in [6, 6.07) is 10.0. The second-order valence-corrected chi connectivity index (χ2v) is 4.04. The molecule has 1 aromatic heterocycles. The van der Waals surface area contributed by atoms with Gasteiger partial charge >= 0.3 is 0 Å². The van der Waals surface area contributed by atoms with Crippen LogP contribution in [-0.4, -0.2) is 24.4 Å². The monoisotopic (exact) mass is 228 g/mol. The van der Waals surface area contributed by atoms with Crippen LogP contribution in [0.5, 0.6) is 0 Å². The van der Waals surface area contributed by atoms with Gasteiger partial charge in [0.05, 0.1) is 11.4 Å². The van der Waals surface area contributed by atoms with Crippen LogP contribution in [0.2, 0.25) is 0 Å². The maximum atomic E-state index is 7.25. The van der Waals surface area contributed by atoms with E-state index in [1.54, 1.807) is 0 Å². The molecule has 0 saturated carbocycles. The number of para-hydroxylation sites is 1. The van der Waals surface area contributed by atoms with Crippen LogP contribution in [-0.2, 0) is 0 Å². The molecule has 88 valence electrons. The predicted octanol–water partition coefficient (Wildman–Crippen LogP) is 2.00. The van der Waals surface area contributed by atoms with E-state index in [-0.39, 0.29) is 5.84 Å². The van der Waals surface area contributed by atoms with Crippen molar-refractivity contribution in [2.24, 2.45) is 5.73 Å². The number of hydrogen-bond acceptors (Lipinski definition) is 3. The molecule has 0 aliphatic heterocycles. The number of pyridine rings is 1. The summed E-state index contributed by atoms with van der Waals surface area (Å²) in [5, 5.41) is 8.38. The molecule has 17 heavy (non-hydrogen) atoms. The fourth-order valence-electron chi connectivity index (χ4n) is 1.82. The van der Waals surface area contributed by atoms with Crippen molar-refractivity contribution in [1.82, 2.24) is 4.98 Å². The zero-order valence-corrected chi connectivity index (χ0v) is 9.85. The Morgan fingerprint density at radius 2 is 2.12 bits per heavy atom. The van der Waals surface area contributed by atoms with E-state index in [1.165, 1.54) is 0 Å². The number of aromatic nitrogens is 1. The molecule has 0 amide bonds. The van der Waals surface area contributed by atoms with Gasteiger partial charge in [0.15, 0.2) is 0 Å². The quantitative estimate of drug-likeness (QED) is 0.621. The first-order valence-electron chi connectivity index (χ1n) is 5.56. The van der Waals surface area contributed by atoms with Crippen molar-refractivity contribution < 1.29 is 0 Å². The minimum atomic E-state index is 0.218. The Morgan fingerprint density at radius 3 is 2.88 bits per heavy atom. The first-order chi connectivity index (χ1) is 8.18. The molecule has 0 fully saturated rings. The third-order valence-corrected chi connectivity index (χ3v) is 2.75. The molecule has 0 unspecified atom stereocenters. The molecule has 3 N–H and O–H groups in total. The highest BCUT2D eigenvalue weighted by atomic mass is 15.1. The van der Waals surface area contributed by atoms with Gasteiger partial charge in [0, 0.05) is 37.3 Å². The number of amidine groups is 1. The molecular formula is C13H16N4. The van der Waals surface area contributed by atoms with E-state index in [1.807, 2.05) is 37.5 Å². The molecule has 1 aromatic carbocycles. The van der Waals surface area contributed by atoms with Gasteiger partial charge in [-0.1, -0.05) is 18.2 Å². The van der Waals surface area contributed by atoms with Gasteiger partial charge in [-0.05, 0) is 12.1 Å². The molecule has 2 aromatic rings. The molecule has 1 heterocycles. The molecule has 0 aliphatic carbocycles. The Balaban J connectivity index is 2.31. The van der Waals surface area contributed by atoms with Gasteiger partial charge in [-0.2, -0.15) is 0 Å². The van der Waals surface area contributed by atoms with Crippen LogP contribution in [0.4, 0.5) is 5.69 Å². The van der Waals surface area contributed by atoms with Crippen LogP contribution in [0.1, 0.15) is 6.42 Å². The Bertz CT molecular complexity index is 530. The first kappa shape index (κ1) is 11.4. The van der Waals surface area contributed by atoms with Crippen molar-refractivity contribution >= 4 is 22.4 Å². The molecule has 0 saturated heterocycles. The maximum Gasteiger partial charge on any atom is 0.0923 e. The van der Waals surface area contributed by atoms with E-state index in [9.17, 15) is 0 Å². The summed E-state index contributed by atoms with van der Waals surface area (Å²) in [5.41, 5.74) is 7.48. The summed E-state index contributed by atoms with van der Waals surface area (Å²) in [7, 11) is 2.00. The summed E-state index contributed by atoms with van der Waals surface area (Å²) < 4.78 is 0. The minimum Gasteiger partial charge on any atom is -0.388 e. The fraction of sp³-hybridized carbons (Fsp3) is 0.231. The zero-order valence-electron chi connectivity index (χ0n) is 9.85. The molecule has 4 nitrogen and oxygen atoms in total. The molecular weight excluding hydrogens is 212 g/mol. The molecule has 4 heteroatoms. The molecule has 0 radical (unpaired) electrons. The van der Waals surface area contributed by atoms with Crippen molar-refractivity contribution in [2.45, 2.75) is 6.42 Å². The first-order valence-corrected chi connectivity index (χ1v) is 5.56. The maximum absolute atomic E-state index is 7.25. The van der Waals surface area contributed by atoms with E-state index in [0.29, 0.717) is 6.42 Å². The van der Waals surface area contributed by atoms with Crippen LogP contribution in [0, 0.1) is 5.41 Å². The average Bonchev–Trinajstić information content (AvgIpc) is 2.35. The lowest BCUT2D eigenvalue weighted by atomic mass is 10.1. The molecule has 0 bridgehead atoms. The van der Waals surface area contributed by atoms with Crippen LogP contribution < -0.4 is 10.6 Å². The standard InChI is InChI=1S/C13H16N4/c1-17(9-7-13(14)15)12-6-8-16-11-5-3-2-4-10(11)12/h2-6,8H,7,9H2,1H3,(H3,14,15). The second-order valence-electron chi connectivity index (χ2n) is 4.04. The topological polar surface area (TPSA) is 66.0 Å². The van der Waals surface area contributed by atoms with E-state index in [4.69, 9.17) is 11.1 Å². The van der Waals surface area contributed by atoms with Gasteiger partial charge in [0.2, 0.25) is 0 Å². The highest BCUT2D eigenvalue weighted by molar-refractivity contribution is 5.91. The Morgan fingerprint density at radius 1 is 1.35 bits per heavy atom. The van der Waals surface area contributed by atoms with Crippen molar-refractivity contribution in [1.29, 1.82) is 5.41 Å². The number of benzene rings is 1. The summed E-state index contributed by atoms with van der Waals surface area (Å²) in [5.74, 6) is 0.218. The lowest BCUT2D eigenvalue weighted by molar-refractivity contribution is 0.914.